The van der Waals surface area contributed by atoms with Crippen molar-refractivity contribution < 1.29 is 9.94 Å². The number of nitrogens with zero attached hydrogens (tertiary/aromatic N) is 1. The van der Waals surface area contributed by atoms with Crippen LogP contribution in [0.1, 0.15) is 25.8 Å². The molecule has 1 aromatic rings. The second kappa shape index (κ2) is 3.82. The van der Waals surface area contributed by atoms with E-state index in [4.69, 9.17) is 33.1 Å². The first-order valence-corrected chi connectivity index (χ1v) is 5.58. The van der Waals surface area contributed by atoms with Crippen LogP contribution >= 0.6 is 23.2 Å². The molecule has 0 bridgehead atoms. The molecule has 0 aromatic heterocycles. The summed E-state index contributed by atoms with van der Waals surface area (Å²) in [7, 11) is 0. The lowest BCUT2D eigenvalue weighted by Gasteiger charge is -2.33. The fraction of sp³-hybridized carbons (Fsp3) is 0.364. The molecule has 0 saturated carbocycles. The van der Waals surface area contributed by atoms with E-state index in [0.29, 0.717) is 33.5 Å². The van der Waals surface area contributed by atoms with Crippen LogP contribution in [-0.2, 0) is 0 Å². The first kappa shape index (κ1) is 11.6. The third-order valence-corrected chi connectivity index (χ3v) is 3.16. The fourth-order valence-electron chi connectivity index (χ4n) is 1.76. The standard InChI is InChI=1S/C11H11Cl2NO2/c1-11(2)5-9(14-15)6-3-7(12)8(13)4-10(6)16-11/h3-4,15H,5H2,1-2H3. The van der Waals surface area contributed by atoms with Crippen molar-refractivity contribution in [3.8, 4) is 5.75 Å². The summed E-state index contributed by atoms with van der Waals surface area (Å²) in [5.41, 5.74) is 0.840. The Balaban J connectivity index is 2.60. The number of halogens is 2. The van der Waals surface area contributed by atoms with Crippen LogP contribution in [0.15, 0.2) is 17.3 Å². The van der Waals surface area contributed by atoms with Gasteiger partial charge >= 0.3 is 0 Å². The van der Waals surface area contributed by atoms with E-state index in [2.05, 4.69) is 5.16 Å². The summed E-state index contributed by atoms with van der Waals surface area (Å²) >= 11 is 11.8. The van der Waals surface area contributed by atoms with E-state index < -0.39 is 5.60 Å². The Bertz CT molecular complexity index is 469. The zero-order chi connectivity index (χ0) is 11.9. The van der Waals surface area contributed by atoms with E-state index in [0.717, 1.165) is 0 Å². The molecule has 0 spiro atoms. The lowest BCUT2D eigenvalue weighted by molar-refractivity contribution is 0.110. The number of fused-ring (bicyclic) bond motifs is 1. The summed E-state index contributed by atoms with van der Waals surface area (Å²) < 4.78 is 5.75. The van der Waals surface area contributed by atoms with Gasteiger partial charge in [0.2, 0.25) is 0 Å². The van der Waals surface area contributed by atoms with Gasteiger partial charge in [-0.05, 0) is 19.9 Å². The van der Waals surface area contributed by atoms with Crippen molar-refractivity contribution in [2.45, 2.75) is 25.9 Å². The van der Waals surface area contributed by atoms with E-state index >= 15 is 0 Å². The second-order valence-electron chi connectivity index (χ2n) is 4.35. The van der Waals surface area contributed by atoms with Crippen LogP contribution in [0.3, 0.4) is 0 Å². The molecule has 0 atom stereocenters. The third-order valence-electron chi connectivity index (χ3n) is 2.43. The summed E-state index contributed by atoms with van der Waals surface area (Å²) in [6.07, 6.45) is 0.522. The van der Waals surface area contributed by atoms with E-state index in [1.54, 1.807) is 12.1 Å². The van der Waals surface area contributed by atoms with Crippen LogP contribution in [0.2, 0.25) is 10.0 Å². The predicted octanol–water partition coefficient (Wildman–Crippen LogP) is 3.73. The van der Waals surface area contributed by atoms with Gasteiger partial charge in [0.15, 0.2) is 0 Å². The Kier molecular flexibility index (Phi) is 2.76. The van der Waals surface area contributed by atoms with Crippen LogP contribution in [0, 0.1) is 0 Å². The molecule has 0 saturated heterocycles. The van der Waals surface area contributed by atoms with Gasteiger partial charge in [-0.15, -0.1) is 0 Å². The molecule has 3 nitrogen and oxygen atoms in total. The molecule has 0 radical (unpaired) electrons. The largest absolute Gasteiger partial charge is 0.487 e. The molecule has 0 fully saturated rings. The van der Waals surface area contributed by atoms with Crippen molar-refractivity contribution in [1.82, 2.24) is 0 Å². The maximum atomic E-state index is 8.99. The van der Waals surface area contributed by atoms with E-state index in [-0.39, 0.29) is 0 Å². The number of oxime groups is 1. The molecule has 1 N–H and O–H groups in total. The third kappa shape index (κ3) is 1.97. The normalized spacial score (nSPS) is 20.4. The minimum atomic E-state index is -0.411. The number of rotatable bonds is 0. The molecule has 5 heteroatoms. The monoisotopic (exact) mass is 259 g/mol. The van der Waals surface area contributed by atoms with Crippen molar-refractivity contribution in [2.75, 3.05) is 0 Å². The average molecular weight is 260 g/mol. The Morgan fingerprint density at radius 2 is 1.94 bits per heavy atom. The molecule has 1 aliphatic rings. The molecule has 0 unspecified atom stereocenters. The molecule has 1 aromatic carbocycles. The second-order valence-corrected chi connectivity index (χ2v) is 5.16. The Hall–Kier alpha value is -0.930. The summed E-state index contributed by atoms with van der Waals surface area (Å²) in [5, 5.41) is 13.1. The zero-order valence-electron chi connectivity index (χ0n) is 8.92. The van der Waals surface area contributed by atoms with Gasteiger partial charge in [-0.3, -0.25) is 0 Å². The van der Waals surface area contributed by atoms with Crippen molar-refractivity contribution in [3.63, 3.8) is 0 Å². The molecular weight excluding hydrogens is 249 g/mol. The summed E-state index contributed by atoms with van der Waals surface area (Å²) in [6.45, 7) is 3.84. The smallest absolute Gasteiger partial charge is 0.130 e. The molecule has 1 aliphatic heterocycles. The van der Waals surface area contributed by atoms with Gasteiger partial charge in [0.25, 0.3) is 0 Å². The Morgan fingerprint density at radius 1 is 1.31 bits per heavy atom. The van der Waals surface area contributed by atoms with Crippen LogP contribution in [-0.4, -0.2) is 16.5 Å². The van der Waals surface area contributed by atoms with Gasteiger partial charge in [0.1, 0.15) is 11.4 Å². The van der Waals surface area contributed by atoms with Crippen LogP contribution in [0.5, 0.6) is 5.75 Å². The van der Waals surface area contributed by atoms with Crippen molar-refractivity contribution >= 4 is 28.9 Å². The van der Waals surface area contributed by atoms with Crippen LogP contribution < -0.4 is 4.74 Å². The highest BCUT2D eigenvalue weighted by Gasteiger charge is 2.32. The molecule has 86 valence electrons. The van der Waals surface area contributed by atoms with Crippen molar-refractivity contribution in [2.24, 2.45) is 5.16 Å². The minimum absolute atomic E-state index is 0.411. The molecule has 1 heterocycles. The summed E-state index contributed by atoms with van der Waals surface area (Å²) in [6, 6.07) is 3.30. The highest BCUT2D eigenvalue weighted by Crippen LogP contribution is 2.38. The minimum Gasteiger partial charge on any atom is -0.487 e. The SMILES string of the molecule is CC1(C)CC(=NO)c2cc(Cl)c(Cl)cc2O1. The van der Waals surface area contributed by atoms with E-state index in [1.807, 2.05) is 13.8 Å². The molecule has 16 heavy (non-hydrogen) atoms. The molecular formula is C11H11Cl2NO2. The van der Waals surface area contributed by atoms with Crippen molar-refractivity contribution in [3.05, 3.63) is 27.7 Å². The van der Waals surface area contributed by atoms with Gasteiger partial charge < -0.3 is 9.94 Å². The maximum absolute atomic E-state index is 8.99. The maximum Gasteiger partial charge on any atom is 0.130 e. The van der Waals surface area contributed by atoms with Crippen molar-refractivity contribution in [1.29, 1.82) is 0 Å². The number of hydrogen-bond acceptors (Lipinski definition) is 3. The first-order valence-electron chi connectivity index (χ1n) is 4.82. The van der Waals surface area contributed by atoms with Gasteiger partial charge in [0, 0.05) is 18.1 Å². The molecule has 2 rings (SSSR count). The van der Waals surface area contributed by atoms with E-state index in [1.165, 1.54) is 0 Å². The Morgan fingerprint density at radius 3 is 2.56 bits per heavy atom. The highest BCUT2D eigenvalue weighted by molar-refractivity contribution is 6.42. The summed E-state index contributed by atoms with van der Waals surface area (Å²) in [5.74, 6) is 0.596. The fourth-order valence-corrected chi connectivity index (χ4v) is 2.08. The van der Waals surface area contributed by atoms with E-state index in [9.17, 15) is 0 Å². The number of ether oxygens (including phenoxy) is 1. The zero-order valence-corrected chi connectivity index (χ0v) is 10.4. The Labute approximate surface area is 104 Å². The average Bonchev–Trinajstić information content (AvgIpc) is 2.18. The highest BCUT2D eigenvalue weighted by atomic mass is 35.5. The van der Waals surface area contributed by atoms with Crippen LogP contribution in [0.25, 0.3) is 0 Å². The lowest BCUT2D eigenvalue weighted by atomic mass is 9.92. The topological polar surface area (TPSA) is 41.8 Å². The summed E-state index contributed by atoms with van der Waals surface area (Å²) in [4.78, 5) is 0. The molecule has 0 amide bonds. The predicted molar refractivity (Wildman–Crippen MR) is 64.1 cm³/mol. The number of hydrogen-bond donors (Lipinski definition) is 1. The number of benzene rings is 1. The van der Waals surface area contributed by atoms with Gasteiger partial charge in [0.05, 0.1) is 15.8 Å². The van der Waals surface area contributed by atoms with Crippen LogP contribution in [0.4, 0.5) is 0 Å². The van der Waals surface area contributed by atoms with Gasteiger partial charge in [-0.2, -0.15) is 0 Å². The van der Waals surface area contributed by atoms with Gasteiger partial charge in [-0.25, -0.2) is 0 Å². The first-order chi connectivity index (χ1) is 7.43. The molecule has 0 aliphatic carbocycles. The lowest BCUT2D eigenvalue weighted by Crippen LogP contribution is -2.36. The quantitative estimate of drug-likeness (QED) is 0.570. The van der Waals surface area contributed by atoms with Gasteiger partial charge in [-0.1, -0.05) is 28.4 Å².